The van der Waals surface area contributed by atoms with E-state index in [2.05, 4.69) is 10.2 Å². The molecule has 2 aliphatic rings. The zero-order valence-corrected chi connectivity index (χ0v) is 25.8. The monoisotopic (exact) mass is 616 g/mol. The molecule has 3 N–H and O–H groups in total. The van der Waals surface area contributed by atoms with Crippen LogP contribution in [0.2, 0.25) is 0 Å². The lowest BCUT2D eigenvalue weighted by molar-refractivity contribution is -0.103. The number of benzene rings is 2. The zero-order chi connectivity index (χ0) is 30.8. The number of morpholine rings is 1. The van der Waals surface area contributed by atoms with Crippen LogP contribution in [0, 0.1) is 5.82 Å². The summed E-state index contributed by atoms with van der Waals surface area (Å²) in [6, 6.07) is 10.7. The fourth-order valence-corrected chi connectivity index (χ4v) is 6.77. The lowest BCUT2D eigenvalue weighted by Crippen LogP contribution is -2.55. The predicted molar refractivity (Wildman–Crippen MR) is 163 cm³/mol. The minimum atomic E-state index is -1.34. The van der Waals surface area contributed by atoms with Crippen molar-refractivity contribution < 1.29 is 28.9 Å². The SMILES string of the molecule is CC(C)(C)OC(=O)N(CCc1ccccc1)C[C@H](O)c1cc(F)c(O)c2c1sc(=O)n2CN1CCC2(CC1)CNCCO2. The molecule has 3 aromatic rings. The van der Waals surface area contributed by atoms with E-state index in [1.165, 1.54) is 9.47 Å². The summed E-state index contributed by atoms with van der Waals surface area (Å²) in [6.07, 6.45) is 0.172. The van der Waals surface area contributed by atoms with Gasteiger partial charge in [-0.15, -0.1) is 0 Å². The number of aromatic hydroxyl groups is 1. The van der Waals surface area contributed by atoms with E-state index in [1.54, 1.807) is 20.8 Å². The van der Waals surface area contributed by atoms with E-state index in [1.807, 2.05) is 30.3 Å². The first kappa shape index (κ1) is 31.4. The smallest absolute Gasteiger partial charge is 0.410 e. The molecule has 234 valence electrons. The van der Waals surface area contributed by atoms with Crippen LogP contribution in [0.15, 0.2) is 41.2 Å². The minimum Gasteiger partial charge on any atom is -0.503 e. The second kappa shape index (κ2) is 12.9. The van der Waals surface area contributed by atoms with Crippen LogP contribution in [0.5, 0.6) is 5.75 Å². The molecule has 43 heavy (non-hydrogen) atoms. The standard InChI is InChI=1S/C31H41FN4O6S/c1-30(2,3)42-28(39)35(13-9-21-7-5-4-6-8-21)18-24(37)22-17-23(32)26(38)25-27(22)43-29(40)36(25)20-34-14-10-31(11-15-34)19-33-12-16-41-31/h4-8,17,24,33,37-38H,9-16,18-20H2,1-3H3/t24-/m0/s1. The van der Waals surface area contributed by atoms with Crippen LogP contribution in [-0.2, 0) is 22.6 Å². The third kappa shape index (κ3) is 7.38. The Morgan fingerprint density at radius 3 is 2.63 bits per heavy atom. The number of fused-ring (bicyclic) bond motifs is 1. The number of aliphatic hydroxyl groups is 1. The number of carbonyl (C=O) groups excluding carboxylic acids is 1. The van der Waals surface area contributed by atoms with Gasteiger partial charge < -0.3 is 29.9 Å². The molecule has 3 heterocycles. The Morgan fingerprint density at radius 1 is 1.26 bits per heavy atom. The minimum absolute atomic E-state index is 0.0491. The summed E-state index contributed by atoms with van der Waals surface area (Å²) in [6.45, 7) is 9.20. The van der Waals surface area contributed by atoms with Gasteiger partial charge in [0.1, 0.15) is 11.1 Å². The van der Waals surface area contributed by atoms with E-state index in [-0.39, 0.29) is 46.0 Å². The number of rotatable bonds is 8. The molecular weight excluding hydrogens is 575 g/mol. The number of likely N-dealkylation sites (tertiary alicyclic amines) is 1. The number of nitrogens with zero attached hydrogens (tertiary/aromatic N) is 3. The number of amides is 1. The highest BCUT2D eigenvalue weighted by Crippen LogP contribution is 2.37. The van der Waals surface area contributed by atoms with Gasteiger partial charge in [-0.1, -0.05) is 41.7 Å². The highest BCUT2D eigenvalue weighted by molar-refractivity contribution is 7.16. The Morgan fingerprint density at radius 2 is 1.98 bits per heavy atom. The van der Waals surface area contributed by atoms with E-state index in [0.717, 1.165) is 48.9 Å². The molecule has 1 aromatic heterocycles. The third-order valence-electron chi connectivity index (χ3n) is 8.05. The van der Waals surface area contributed by atoms with Gasteiger partial charge in [0, 0.05) is 38.3 Å². The maximum atomic E-state index is 15.1. The number of aromatic nitrogens is 1. The van der Waals surface area contributed by atoms with Crippen molar-refractivity contribution in [1.82, 2.24) is 19.7 Å². The molecule has 12 heteroatoms. The number of nitrogens with one attached hydrogen (secondary N) is 1. The fraction of sp³-hybridized carbons (Fsp3) is 0.548. The molecule has 0 unspecified atom stereocenters. The number of phenols is 1. The Labute approximate surface area is 254 Å². The van der Waals surface area contributed by atoms with Crippen LogP contribution in [-0.4, -0.2) is 87.8 Å². The number of hydrogen-bond donors (Lipinski definition) is 3. The first-order valence-corrected chi connectivity index (χ1v) is 15.6. The van der Waals surface area contributed by atoms with Gasteiger partial charge in [-0.3, -0.25) is 14.3 Å². The molecule has 1 spiro atoms. The molecule has 2 saturated heterocycles. The first-order chi connectivity index (χ1) is 20.4. The van der Waals surface area contributed by atoms with Crippen molar-refractivity contribution in [3.05, 3.63) is 63.0 Å². The molecule has 2 fully saturated rings. The number of phenolic OH excluding ortho intramolecular Hbond substituents is 1. The molecule has 5 rings (SSSR count). The van der Waals surface area contributed by atoms with Crippen LogP contribution >= 0.6 is 11.3 Å². The molecule has 0 saturated carbocycles. The quantitative estimate of drug-likeness (QED) is 0.350. The Balaban J connectivity index is 1.38. The van der Waals surface area contributed by atoms with Crippen molar-refractivity contribution in [2.24, 2.45) is 0 Å². The molecule has 2 aliphatic heterocycles. The normalized spacial score (nSPS) is 18.2. The number of hydrogen-bond acceptors (Lipinski definition) is 9. The summed E-state index contributed by atoms with van der Waals surface area (Å²) < 4.78 is 28.5. The Kier molecular flexibility index (Phi) is 9.43. The predicted octanol–water partition coefficient (Wildman–Crippen LogP) is 3.83. The van der Waals surface area contributed by atoms with Crippen LogP contribution in [0.4, 0.5) is 9.18 Å². The van der Waals surface area contributed by atoms with Gasteiger partial charge in [0.25, 0.3) is 0 Å². The fourth-order valence-electron chi connectivity index (χ4n) is 5.72. The van der Waals surface area contributed by atoms with Crippen molar-refractivity contribution in [2.75, 3.05) is 45.9 Å². The van der Waals surface area contributed by atoms with Crippen LogP contribution < -0.4 is 10.2 Å². The van der Waals surface area contributed by atoms with Crippen molar-refractivity contribution >= 4 is 27.6 Å². The summed E-state index contributed by atoms with van der Waals surface area (Å²) in [5, 5.41) is 25.5. The molecule has 10 nitrogen and oxygen atoms in total. The van der Waals surface area contributed by atoms with Gasteiger partial charge in [-0.25, -0.2) is 9.18 Å². The van der Waals surface area contributed by atoms with E-state index >= 15 is 4.39 Å². The molecular formula is C31H41FN4O6S. The van der Waals surface area contributed by atoms with E-state index in [4.69, 9.17) is 9.47 Å². The van der Waals surface area contributed by atoms with Gasteiger partial charge >= 0.3 is 11.0 Å². The molecule has 1 atom stereocenters. The summed E-state index contributed by atoms with van der Waals surface area (Å²) in [5.41, 5.74) is 0.235. The lowest BCUT2D eigenvalue weighted by atomic mass is 9.90. The summed E-state index contributed by atoms with van der Waals surface area (Å²) in [7, 11) is 0. The van der Waals surface area contributed by atoms with Crippen molar-refractivity contribution in [1.29, 1.82) is 0 Å². The lowest BCUT2D eigenvalue weighted by Gasteiger charge is -2.44. The third-order valence-corrected chi connectivity index (χ3v) is 9.08. The van der Waals surface area contributed by atoms with E-state index < -0.39 is 29.4 Å². The van der Waals surface area contributed by atoms with Gasteiger partial charge in [-0.2, -0.15) is 0 Å². The maximum absolute atomic E-state index is 15.1. The van der Waals surface area contributed by atoms with Gasteiger partial charge in [0.05, 0.1) is 36.2 Å². The number of piperidine rings is 1. The average Bonchev–Trinajstić information content (AvgIpc) is 3.29. The van der Waals surface area contributed by atoms with Crippen LogP contribution in [0.1, 0.15) is 50.8 Å². The largest absolute Gasteiger partial charge is 0.503 e. The van der Waals surface area contributed by atoms with Crippen LogP contribution in [0.3, 0.4) is 0 Å². The summed E-state index contributed by atoms with van der Waals surface area (Å²) in [4.78, 5) is 29.5. The molecule has 1 amide bonds. The number of halogens is 1. The first-order valence-electron chi connectivity index (χ1n) is 14.8. The van der Waals surface area contributed by atoms with Crippen molar-refractivity contribution in [3.8, 4) is 5.75 Å². The highest BCUT2D eigenvalue weighted by atomic mass is 32.1. The van der Waals surface area contributed by atoms with Gasteiger partial charge in [0.15, 0.2) is 11.6 Å². The maximum Gasteiger partial charge on any atom is 0.410 e. The van der Waals surface area contributed by atoms with Gasteiger partial charge in [0.2, 0.25) is 0 Å². The number of carbonyl (C=O) groups is 1. The van der Waals surface area contributed by atoms with Gasteiger partial charge in [-0.05, 0) is 51.7 Å². The summed E-state index contributed by atoms with van der Waals surface area (Å²) >= 11 is 0.847. The Bertz CT molecular complexity index is 1470. The zero-order valence-electron chi connectivity index (χ0n) is 25.0. The van der Waals surface area contributed by atoms with E-state index in [0.29, 0.717) is 26.1 Å². The number of aliphatic hydroxyl groups excluding tert-OH is 1. The number of thiazole rings is 1. The highest BCUT2D eigenvalue weighted by Gasteiger charge is 2.37. The molecule has 0 aliphatic carbocycles. The average molecular weight is 617 g/mol. The molecule has 2 aromatic carbocycles. The van der Waals surface area contributed by atoms with Crippen molar-refractivity contribution in [3.63, 3.8) is 0 Å². The molecule has 0 bridgehead atoms. The van der Waals surface area contributed by atoms with Crippen molar-refractivity contribution in [2.45, 2.75) is 64.0 Å². The second-order valence-electron chi connectivity index (χ2n) is 12.4. The topological polar surface area (TPSA) is 116 Å². The summed E-state index contributed by atoms with van der Waals surface area (Å²) in [5.74, 6) is -1.58. The second-order valence-corrected chi connectivity index (χ2v) is 13.4. The number of ether oxygens (including phenoxy) is 2. The Hall–Kier alpha value is -3.03. The van der Waals surface area contributed by atoms with E-state index in [9.17, 15) is 19.8 Å². The van der Waals surface area contributed by atoms with Crippen LogP contribution in [0.25, 0.3) is 10.2 Å². The molecule has 0 radical (unpaired) electrons.